The lowest BCUT2D eigenvalue weighted by atomic mass is 10.00. The van der Waals surface area contributed by atoms with E-state index >= 15 is 0 Å². The third-order valence-corrected chi connectivity index (χ3v) is 3.98. The van der Waals surface area contributed by atoms with Gasteiger partial charge in [0.2, 0.25) is 0 Å². The normalized spacial score (nSPS) is 21.8. The lowest BCUT2D eigenvalue weighted by Gasteiger charge is -2.29. The Labute approximate surface area is 116 Å². The quantitative estimate of drug-likeness (QED) is 0.859. The average molecular weight is 265 g/mol. The van der Waals surface area contributed by atoms with Gasteiger partial charge >= 0.3 is 0 Å². The van der Waals surface area contributed by atoms with Gasteiger partial charge in [0.25, 0.3) is 0 Å². The zero-order valence-corrected chi connectivity index (χ0v) is 12.4. The molecule has 1 saturated heterocycles. The monoisotopic (exact) mass is 265 g/mol. The van der Waals surface area contributed by atoms with Crippen molar-refractivity contribution in [1.82, 2.24) is 14.9 Å². The minimum Gasteiger partial charge on any atom is -0.380 e. The molecule has 1 aliphatic heterocycles. The van der Waals surface area contributed by atoms with Crippen molar-refractivity contribution >= 4 is 0 Å². The predicted molar refractivity (Wildman–Crippen MR) is 77.2 cm³/mol. The fraction of sp³-hybridized carbons (Fsp3) is 0.800. The summed E-state index contributed by atoms with van der Waals surface area (Å²) >= 11 is 0. The van der Waals surface area contributed by atoms with E-state index in [0.29, 0.717) is 18.0 Å². The van der Waals surface area contributed by atoms with Crippen LogP contribution in [0.5, 0.6) is 0 Å². The number of piperidine rings is 1. The van der Waals surface area contributed by atoms with Crippen LogP contribution in [0.1, 0.15) is 57.8 Å². The molecule has 0 saturated carbocycles. The van der Waals surface area contributed by atoms with Crippen molar-refractivity contribution in [3.63, 3.8) is 0 Å². The van der Waals surface area contributed by atoms with E-state index in [2.05, 4.69) is 35.6 Å². The number of ether oxygens (including phenoxy) is 1. The van der Waals surface area contributed by atoms with E-state index in [-0.39, 0.29) is 0 Å². The van der Waals surface area contributed by atoms with Crippen LogP contribution < -0.4 is 5.32 Å². The lowest BCUT2D eigenvalue weighted by Crippen LogP contribution is -2.31. The summed E-state index contributed by atoms with van der Waals surface area (Å²) in [6.45, 7) is 9.21. The molecule has 2 atom stereocenters. The summed E-state index contributed by atoms with van der Waals surface area (Å²) in [5.41, 5.74) is 1.32. The van der Waals surface area contributed by atoms with Gasteiger partial charge < -0.3 is 14.6 Å². The summed E-state index contributed by atoms with van der Waals surface area (Å²) in [7, 11) is 0. The second-order valence-electron chi connectivity index (χ2n) is 5.70. The van der Waals surface area contributed by atoms with Gasteiger partial charge in [0.15, 0.2) is 0 Å². The largest absolute Gasteiger partial charge is 0.380 e. The van der Waals surface area contributed by atoms with Crippen LogP contribution in [0.25, 0.3) is 0 Å². The van der Waals surface area contributed by atoms with Crippen LogP contribution >= 0.6 is 0 Å². The predicted octanol–water partition coefficient (Wildman–Crippen LogP) is 2.93. The molecule has 1 aromatic rings. The molecule has 0 aliphatic carbocycles. The molecule has 2 unspecified atom stereocenters. The van der Waals surface area contributed by atoms with E-state index < -0.39 is 0 Å². The van der Waals surface area contributed by atoms with Crippen molar-refractivity contribution in [2.24, 2.45) is 5.92 Å². The SMILES string of the molecule is CCOCC(C(C)C)n1cncc1C1CCCCN1. The standard InChI is InChI=1S/C15H27N3O/c1-4-19-10-15(12(2)3)18-11-16-9-14(18)13-7-5-6-8-17-13/h9,11-13,15,17H,4-8,10H2,1-3H3. The minimum absolute atomic E-state index is 0.376. The fourth-order valence-corrected chi connectivity index (χ4v) is 2.80. The molecule has 108 valence electrons. The van der Waals surface area contributed by atoms with E-state index in [0.717, 1.165) is 19.8 Å². The van der Waals surface area contributed by atoms with Gasteiger partial charge in [-0.3, -0.25) is 0 Å². The first-order valence-corrected chi connectivity index (χ1v) is 7.56. The Kier molecular flexibility index (Phi) is 5.40. The molecule has 1 aliphatic rings. The van der Waals surface area contributed by atoms with E-state index in [1.165, 1.54) is 25.0 Å². The van der Waals surface area contributed by atoms with Crippen LogP contribution in [-0.2, 0) is 4.74 Å². The zero-order valence-electron chi connectivity index (χ0n) is 12.4. The van der Waals surface area contributed by atoms with Crippen molar-refractivity contribution in [2.75, 3.05) is 19.8 Å². The van der Waals surface area contributed by atoms with Crippen molar-refractivity contribution in [2.45, 2.75) is 52.1 Å². The Hall–Kier alpha value is -0.870. The molecular formula is C15H27N3O. The molecule has 0 spiro atoms. The number of nitrogens with zero attached hydrogens (tertiary/aromatic N) is 2. The second kappa shape index (κ2) is 7.06. The first-order valence-electron chi connectivity index (χ1n) is 7.56. The number of rotatable bonds is 6. The Morgan fingerprint density at radius 1 is 1.47 bits per heavy atom. The van der Waals surface area contributed by atoms with Crippen molar-refractivity contribution < 1.29 is 4.74 Å². The minimum atomic E-state index is 0.376. The zero-order chi connectivity index (χ0) is 13.7. The van der Waals surface area contributed by atoms with Gasteiger partial charge in [0.05, 0.1) is 24.7 Å². The van der Waals surface area contributed by atoms with E-state index in [4.69, 9.17) is 4.74 Å². The molecule has 1 aromatic heterocycles. The number of hydrogen-bond acceptors (Lipinski definition) is 3. The van der Waals surface area contributed by atoms with E-state index in [1.54, 1.807) is 0 Å². The Bertz CT molecular complexity index is 369. The number of imidazole rings is 1. The number of aromatic nitrogens is 2. The third-order valence-electron chi connectivity index (χ3n) is 3.98. The van der Waals surface area contributed by atoms with Gasteiger partial charge in [-0.05, 0) is 32.2 Å². The first kappa shape index (κ1) is 14.5. The van der Waals surface area contributed by atoms with Crippen LogP contribution in [0.2, 0.25) is 0 Å². The molecule has 2 rings (SSSR count). The molecule has 0 amide bonds. The summed E-state index contributed by atoms with van der Waals surface area (Å²) in [4.78, 5) is 4.38. The molecule has 0 radical (unpaired) electrons. The molecule has 1 N–H and O–H groups in total. The van der Waals surface area contributed by atoms with Gasteiger partial charge in [0, 0.05) is 18.8 Å². The molecule has 0 aromatic carbocycles. The molecule has 4 nitrogen and oxygen atoms in total. The van der Waals surface area contributed by atoms with Gasteiger partial charge in [-0.15, -0.1) is 0 Å². The smallest absolute Gasteiger partial charge is 0.0952 e. The summed E-state index contributed by atoms with van der Waals surface area (Å²) in [6.07, 6.45) is 7.79. The Balaban J connectivity index is 2.15. The molecule has 0 bridgehead atoms. The maximum absolute atomic E-state index is 5.65. The Morgan fingerprint density at radius 2 is 2.32 bits per heavy atom. The average Bonchev–Trinajstić information content (AvgIpc) is 2.89. The molecule has 19 heavy (non-hydrogen) atoms. The highest BCUT2D eigenvalue weighted by atomic mass is 16.5. The van der Waals surface area contributed by atoms with Crippen molar-refractivity contribution in [3.8, 4) is 0 Å². The van der Waals surface area contributed by atoms with Crippen LogP contribution in [-0.4, -0.2) is 29.3 Å². The van der Waals surface area contributed by atoms with Gasteiger partial charge in [-0.2, -0.15) is 0 Å². The Morgan fingerprint density at radius 3 is 2.95 bits per heavy atom. The molecular weight excluding hydrogens is 238 g/mol. The highest BCUT2D eigenvalue weighted by Crippen LogP contribution is 2.27. The van der Waals surface area contributed by atoms with Gasteiger partial charge in [-0.1, -0.05) is 20.3 Å². The number of nitrogens with one attached hydrogen (secondary N) is 1. The van der Waals surface area contributed by atoms with Gasteiger partial charge in [-0.25, -0.2) is 4.98 Å². The molecule has 2 heterocycles. The van der Waals surface area contributed by atoms with E-state index in [1.807, 2.05) is 12.5 Å². The summed E-state index contributed by atoms with van der Waals surface area (Å²) < 4.78 is 7.98. The van der Waals surface area contributed by atoms with Crippen molar-refractivity contribution in [3.05, 3.63) is 18.2 Å². The maximum Gasteiger partial charge on any atom is 0.0952 e. The maximum atomic E-state index is 5.65. The highest BCUT2D eigenvalue weighted by molar-refractivity contribution is 5.08. The summed E-state index contributed by atoms with van der Waals surface area (Å²) in [5.74, 6) is 0.545. The van der Waals surface area contributed by atoms with Crippen LogP contribution in [0.3, 0.4) is 0 Å². The summed E-state index contributed by atoms with van der Waals surface area (Å²) in [5, 5.41) is 3.61. The number of hydrogen-bond donors (Lipinski definition) is 1. The summed E-state index contributed by atoms with van der Waals surface area (Å²) in [6, 6.07) is 0.834. The first-order chi connectivity index (χ1) is 9.24. The van der Waals surface area contributed by atoms with Crippen LogP contribution in [0.4, 0.5) is 0 Å². The highest BCUT2D eigenvalue weighted by Gasteiger charge is 2.23. The van der Waals surface area contributed by atoms with Gasteiger partial charge in [0.1, 0.15) is 0 Å². The molecule has 1 fully saturated rings. The van der Waals surface area contributed by atoms with Crippen molar-refractivity contribution in [1.29, 1.82) is 0 Å². The lowest BCUT2D eigenvalue weighted by molar-refractivity contribution is 0.0944. The third kappa shape index (κ3) is 3.57. The van der Waals surface area contributed by atoms with E-state index in [9.17, 15) is 0 Å². The molecule has 4 heteroatoms. The van der Waals surface area contributed by atoms with Crippen LogP contribution in [0, 0.1) is 5.92 Å². The second-order valence-corrected chi connectivity index (χ2v) is 5.70. The van der Waals surface area contributed by atoms with Crippen LogP contribution in [0.15, 0.2) is 12.5 Å². The topological polar surface area (TPSA) is 39.1 Å². The fourth-order valence-electron chi connectivity index (χ4n) is 2.80.